The van der Waals surface area contributed by atoms with Gasteiger partial charge in [-0.15, -0.1) is 0 Å². The first kappa shape index (κ1) is 50.6. The van der Waals surface area contributed by atoms with Crippen LogP contribution in [0.1, 0.15) is 183 Å². The van der Waals surface area contributed by atoms with Gasteiger partial charge in [-0.2, -0.15) is 10.2 Å². The maximum Gasteiger partial charge on any atom is 0.157 e. The Morgan fingerprint density at radius 3 is 1.51 bits per heavy atom. The lowest BCUT2D eigenvalue weighted by molar-refractivity contribution is -0.151. The molecule has 0 saturated heterocycles. The number of nitrogens with one attached hydrogen (secondary N) is 1. The van der Waals surface area contributed by atoms with Gasteiger partial charge < -0.3 is 10.2 Å². The number of aryl methyl sites for hydroxylation is 2. The molecule has 0 bridgehead atoms. The molecule has 3 N–H and O–H groups in total. The van der Waals surface area contributed by atoms with E-state index >= 15 is 0 Å². The van der Waals surface area contributed by atoms with Crippen LogP contribution in [-0.4, -0.2) is 58.3 Å². The van der Waals surface area contributed by atoms with Gasteiger partial charge in [0.2, 0.25) is 0 Å². The summed E-state index contributed by atoms with van der Waals surface area (Å²) in [5.41, 5.74) is 2.62. The zero-order valence-electron chi connectivity index (χ0n) is 39.2. The summed E-state index contributed by atoms with van der Waals surface area (Å²) in [4.78, 5) is 25.8. The molecule has 0 radical (unpaired) electrons. The van der Waals surface area contributed by atoms with Gasteiger partial charge in [-0.3, -0.25) is 19.4 Å². The number of carbonyl (C=O) groups excluding carboxylic acids is 2. The molecule has 356 valence electrons. The number of rotatable bonds is 5. The number of H-pyrrole nitrogens is 1. The number of Topliss-reactive ketones (excluding diaryl/α,β-unsaturated/α-hetero) is 2. The van der Waals surface area contributed by atoms with Gasteiger partial charge in [-0.05, 0) is 223 Å². The molecule has 8 aliphatic carbocycles. The molecule has 0 spiro atoms. The van der Waals surface area contributed by atoms with E-state index in [0.29, 0.717) is 52.0 Å². The van der Waals surface area contributed by atoms with Crippen LogP contribution >= 0.6 is 15.9 Å². The van der Waals surface area contributed by atoms with Crippen LogP contribution in [0.3, 0.4) is 0 Å². The Morgan fingerprint density at radius 2 is 1.11 bits per heavy atom. The van der Waals surface area contributed by atoms with Crippen molar-refractivity contribution in [2.45, 2.75) is 204 Å². The third-order valence-electron chi connectivity index (χ3n) is 20.5. The molecule has 8 nitrogen and oxygen atoms in total. The minimum absolute atomic E-state index is 0. The highest BCUT2D eigenvalue weighted by molar-refractivity contribution is 9.09. The Balaban J connectivity index is 0.000000182. The molecule has 8 fully saturated rings. The second-order valence-corrected chi connectivity index (χ2v) is 24.7. The Kier molecular flexibility index (Phi) is 15.0. The highest BCUT2D eigenvalue weighted by Crippen LogP contribution is 2.70. The fourth-order valence-electron chi connectivity index (χ4n) is 17.2. The molecule has 0 unspecified atom stereocenters. The first-order valence-electron chi connectivity index (χ1n) is 24.7. The van der Waals surface area contributed by atoms with E-state index in [4.69, 9.17) is 0 Å². The fourth-order valence-corrected chi connectivity index (χ4v) is 17.5. The van der Waals surface area contributed by atoms with E-state index in [1.165, 1.54) is 82.6 Å². The Bertz CT molecular complexity index is 1870. The van der Waals surface area contributed by atoms with Crippen molar-refractivity contribution in [1.82, 2.24) is 20.0 Å². The summed E-state index contributed by atoms with van der Waals surface area (Å²) >= 11 is 3.43. The van der Waals surface area contributed by atoms with Crippen molar-refractivity contribution in [3.63, 3.8) is 0 Å². The van der Waals surface area contributed by atoms with E-state index in [1.807, 2.05) is 51.0 Å². The Morgan fingerprint density at radius 1 is 0.635 bits per heavy atom. The number of aromatic amines is 1. The quantitative estimate of drug-likeness (QED) is 0.257. The van der Waals surface area contributed by atoms with Crippen LogP contribution in [0, 0.1) is 94.7 Å². The van der Waals surface area contributed by atoms with Crippen LogP contribution in [0.15, 0.2) is 24.8 Å². The number of aliphatic hydroxyl groups is 2. The second kappa shape index (κ2) is 18.7. The third kappa shape index (κ3) is 9.27. The molecule has 16 atom stereocenters. The smallest absolute Gasteiger partial charge is 0.157 e. The summed E-state index contributed by atoms with van der Waals surface area (Å²) in [5, 5.41) is 32.6. The molecular formula is C54H89BrN4O4. The average Bonchev–Trinajstić information content (AvgIpc) is 4.01. The zero-order valence-corrected chi connectivity index (χ0v) is 40.7. The number of nitrogens with zero attached hydrogens (tertiary/aromatic N) is 3. The van der Waals surface area contributed by atoms with E-state index in [-0.39, 0.29) is 37.5 Å². The van der Waals surface area contributed by atoms with Crippen LogP contribution in [-0.2, 0) is 16.1 Å². The van der Waals surface area contributed by atoms with Crippen molar-refractivity contribution in [2.24, 2.45) is 80.8 Å². The highest BCUT2D eigenvalue weighted by Gasteiger charge is 2.63. The van der Waals surface area contributed by atoms with Gasteiger partial charge in [0.1, 0.15) is 5.78 Å². The van der Waals surface area contributed by atoms with Crippen LogP contribution in [0.2, 0.25) is 0 Å². The number of ketones is 2. The van der Waals surface area contributed by atoms with Crippen molar-refractivity contribution in [1.29, 1.82) is 0 Å². The number of hydrogen-bond donors (Lipinski definition) is 3. The van der Waals surface area contributed by atoms with E-state index in [1.54, 1.807) is 6.20 Å². The van der Waals surface area contributed by atoms with Gasteiger partial charge in [0.25, 0.3) is 0 Å². The summed E-state index contributed by atoms with van der Waals surface area (Å²) in [6.45, 7) is 18.5. The van der Waals surface area contributed by atoms with Crippen molar-refractivity contribution in [3.05, 3.63) is 35.9 Å². The lowest BCUT2D eigenvalue weighted by Crippen LogP contribution is -2.55. The highest BCUT2D eigenvalue weighted by atomic mass is 79.9. The average molecular weight is 938 g/mol. The predicted octanol–water partition coefficient (Wildman–Crippen LogP) is 12.5. The molecule has 10 rings (SSSR count). The molecule has 0 amide bonds. The standard InChI is InChI=1S/C26H40N2O2.C22H35BrO2.C4H6N2.2CH4/c1-17-14-27-28(15-17)16-23(29)22-8-7-20-19-6-5-18-13-24(2,30)11-12-25(18,3)21(19)9-10-26(20,22)4;1-20(25)10-11-21(2)14(12-20)4-5-15-16-6-7-18(19(24)13-23)22(16,3)9-8-17(15)21;1-4-2-5-6-3-4;;/h14-15,18-22,30H,5-13,16H2,1-4H3;14-18,25H,4-13H2,1-3H3;2-3H,1H3,(H,5,6);2*1H4/t18-,19-,20-,21-,22+,24+,25-,26-;14-,15-,16-,17-,18+,20+,21-,22-;;;/m00.../s1. The Labute approximate surface area is 391 Å². The van der Waals surface area contributed by atoms with Crippen molar-refractivity contribution in [3.8, 4) is 0 Å². The maximum atomic E-state index is 13.3. The molecule has 2 heterocycles. The van der Waals surface area contributed by atoms with Gasteiger partial charge in [-0.1, -0.05) is 58.5 Å². The molecule has 0 aliphatic heterocycles. The van der Waals surface area contributed by atoms with Gasteiger partial charge in [0.05, 0.1) is 35.5 Å². The SMILES string of the molecule is C.C.C[C@@]1(O)CC[C@@]2(C)[C@@H](CC[C@@H]3[C@@H]2CC[C@]2(C)[C@@H](C(=O)CBr)CC[C@@H]32)C1.Cc1cn[nH]c1.Cc1cnn(CC(=O)[C@H]2CC[C@H]3[C@@H]4CC[C@H]5C[C@](C)(O)CC[C@]5(C)[C@H]4CC[C@]23C)c1. The molecule has 9 heteroatoms. The third-order valence-corrected chi connectivity index (χ3v) is 21.1. The molecule has 0 aromatic carbocycles. The fraction of sp³-hybridized carbons (Fsp3) is 0.852. The lowest BCUT2D eigenvalue weighted by Gasteiger charge is -2.61. The van der Waals surface area contributed by atoms with E-state index in [0.717, 1.165) is 73.7 Å². The number of fused-ring (bicyclic) bond motifs is 10. The zero-order chi connectivity index (χ0) is 43.8. The Hall–Kier alpha value is -1.84. The van der Waals surface area contributed by atoms with Crippen LogP contribution in [0.25, 0.3) is 0 Å². The monoisotopic (exact) mass is 937 g/mol. The van der Waals surface area contributed by atoms with Gasteiger partial charge in [-0.25, -0.2) is 0 Å². The molecule has 2 aromatic heterocycles. The van der Waals surface area contributed by atoms with Gasteiger partial charge in [0.15, 0.2) is 5.78 Å². The number of carbonyl (C=O) groups is 2. The van der Waals surface area contributed by atoms with Crippen molar-refractivity contribution in [2.75, 3.05) is 5.33 Å². The van der Waals surface area contributed by atoms with Gasteiger partial charge >= 0.3 is 0 Å². The number of halogens is 1. The molecule has 2 aromatic rings. The maximum absolute atomic E-state index is 13.3. The minimum Gasteiger partial charge on any atom is -0.390 e. The lowest BCUT2D eigenvalue weighted by atomic mass is 9.44. The normalized spacial score (nSPS) is 45.6. The predicted molar refractivity (Wildman–Crippen MR) is 259 cm³/mol. The largest absolute Gasteiger partial charge is 0.390 e. The van der Waals surface area contributed by atoms with E-state index in [2.05, 4.69) is 58.9 Å². The summed E-state index contributed by atoms with van der Waals surface area (Å²) in [6.07, 6.45) is 28.6. The van der Waals surface area contributed by atoms with E-state index in [9.17, 15) is 19.8 Å². The van der Waals surface area contributed by atoms with Gasteiger partial charge in [0, 0.05) is 24.2 Å². The summed E-state index contributed by atoms with van der Waals surface area (Å²) in [7, 11) is 0. The molecule has 63 heavy (non-hydrogen) atoms. The second-order valence-electron chi connectivity index (χ2n) is 24.1. The first-order chi connectivity index (χ1) is 28.7. The van der Waals surface area contributed by atoms with Crippen LogP contribution in [0.4, 0.5) is 0 Å². The summed E-state index contributed by atoms with van der Waals surface area (Å²) < 4.78 is 1.83. The van der Waals surface area contributed by atoms with Crippen molar-refractivity contribution < 1.29 is 19.8 Å². The summed E-state index contributed by atoms with van der Waals surface area (Å²) in [5.74, 6) is 7.34. The van der Waals surface area contributed by atoms with Crippen LogP contribution < -0.4 is 0 Å². The number of alkyl halides is 1. The topological polar surface area (TPSA) is 121 Å². The van der Waals surface area contributed by atoms with Crippen molar-refractivity contribution >= 4 is 27.5 Å². The molecule has 8 saturated carbocycles. The minimum atomic E-state index is -0.462. The first-order valence-corrected chi connectivity index (χ1v) is 25.9. The molecule has 8 aliphatic rings. The molecular weight excluding hydrogens is 849 g/mol. The van der Waals surface area contributed by atoms with Crippen LogP contribution in [0.5, 0.6) is 0 Å². The van der Waals surface area contributed by atoms with E-state index < -0.39 is 11.2 Å². The number of aromatic nitrogens is 4. The number of hydrogen-bond acceptors (Lipinski definition) is 6. The summed E-state index contributed by atoms with van der Waals surface area (Å²) in [6, 6.07) is 0.